The first kappa shape index (κ1) is 23.1. The fourth-order valence-corrected chi connectivity index (χ4v) is 4.99. The maximum atomic E-state index is 13.8. The SMILES string of the molecule is COc1ccccc1C(=O)N1CCCCCN(C)C(=O)c2ccccc2O[C@H]2CCCC[C@H]21. The molecular formula is C27H34N2O4. The molecule has 33 heavy (non-hydrogen) atoms. The number of hydrogen-bond acceptors (Lipinski definition) is 4. The fourth-order valence-electron chi connectivity index (χ4n) is 4.99. The Balaban J connectivity index is 1.70. The number of benzene rings is 2. The molecule has 1 aliphatic heterocycles. The van der Waals surface area contributed by atoms with Crippen molar-refractivity contribution < 1.29 is 19.1 Å². The second-order valence-corrected chi connectivity index (χ2v) is 8.99. The molecule has 6 heteroatoms. The van der Waals surface area contributed by atoms with E-state index in [4.69, 9.17) is 9.47 Å². The van der Waals surface area contributed by atoms with Gasteiger partial charge in [-0.05, 0) is 62.8 Å². The number of amides is 2. The van der Waals surface area contributed by atoms with E-state index in [1.165, 1.54) is 0 Å². The van der Waals surface area contributed by atoms with Crippen molar-refractivity contribution in [3.8, 4) is 11.5 Å². The van der Waals surface area contributed by atoms with Crippen LogP contribution >= 0.6 is 0 Å². The maximum Gasteiger partial charge on any atom is 0.257 e. The molecule has 2 aromatic carbocycles. The van der Waals surface area contributed by atoms with Crippen LogP contribution in [0.4, 0.5) is 0 Å². The molecule has 0 saturated heterocycles. The van der Waals surface area contributed by atoms with E-state index >= 15 is 0 Å². The van der Waals surface area contributed by atoms with Crippen LogP contribution in [0, 0.1) is 0 Å². The third-order valence-corrected chi connectivity index (χ3v) is 6.80. The number of carbonyl (C=O) groups is 2. The molecule has 1 fully saturated rings. The van der Waals surface area contributed by atoms with Crippen LogP contribution in [0.3, 0.4) is 0 Å². The van der Waals surface area contributed by atoms with E-state index in [1.807, 2.05) is 60.5 Å². The van der Waals surface area contributed by atoms with Crippen LogP contribution in [0.15, 0.2) is 48.5 Å². The molecule has 0 aromatic heterocycles. The first-order valence-electron chi connectivity index (χ1n) is 12.1. The minimum Gasteiger partial charge on any atom is -0.496 e. The molecule has 0 spiro atoms. The highest BCUT2D eigenvalue weighted by atomic mass is 16.5. The average molecular weight is 451 g/mol. The quantitative estimate of drug-likeness (QED) is 0.661. The normalized spacial score (nSPS) is 22.1. The topological polar surface area (TPSA) is 59.1 Å². The number of ether oxygens (including phenoxy) is 2. The van der Waals surface area contributed by atoms with Gasteiger partial charge in [-0.1, -0.05) is 30.7 Å². The zero-order valence-electron chi connectivity index (χ0n) is 19.7. The van der Waals surface area contributed by atoms with Gasteiger partial charge in [0, 0.05) is 20.1 Å². The maximum absolute atomic E-state index is 13.8. The van der Waals surface area contributed by atoms with Crippen molar-refractivity contribution in [3.05, 3.63) is 59.7 Å². The monoisotopic (exact) mass is 450 g/mol. The lowest BCUT2D eigenvalue weighted by Crippen LogP contribution is -2.51. The molecule has 0 N–H and O–H groups in total. The van der Waals surface area contributed by atoms with Gasteiger partial charge >= 0.3 is 0 Å². The van der Waals surface area contributed by atoms with Crippen LogP contribution in [0.1, 0.15) is 65.7 Å². The Morgan fingerprint density at radius 2 is 1.67 bits per heavy atom. The average Bonchev–Trinajstić information content (AvgIpc) is 2.86. The summed E-state index contributed by atoms with van der Waals surface area (Å²) in [6.45, 7) is 1.35. The fraction of sp³-hybridized carbons (Fsp3) is 0.481. The molecule has 6 nitrogen and oxygen atoms in total. The highest BCUT2D eigenvalue weighted by molar-refractivity contribution is 5.97. The number of hydrogen-bond donors (Lipinski definition) is 0. The predicted molar refractivity (Wildman–Crippen MR) is 128 cm³/mol. The standard InChI is InChI=1S/C27H34N2O4/c1-28-18-10-3-11-19-29(27(31)20-12-4-7-15-23(20)32-2)22-14-6-9-17-25(22)33-24-16-8-5-13-21(24)26(28)30/h4-5,7-8,12-13,15-16,22,25H,3,6,9-11,14,17-19H2,1-2H3/t22-,25+/m1/s1. The number of para-hydroxylation sites is 2. The summed E-state index contributed by atoms with van der Waals surface area (Å²) in [5.41, 5.74) is 1.18. The van der Waals surface area contributed by atoms with Gasteiger partial charge < -0.3 is 19.3 Å². The van der Waals surface area contributed by atoms with Gasteiger partial charge in [-0.2, -0.15) is 0 Å². The van der Waals surface area contributed by atoms with Gasteiger partial charge in [0.1, 0.15) is 17.6 Å². The van der Waals surface area contributed by atoms with E-state index in [2.05, 4.69) is 0 Å². The smallest absolute Gasteiger partial charge is 0.257 e. The van der Waals surface area contributed by atoms with Crippen LogP contribution in [0.25, 0.3) is 0 Å². The van der Waals surface area contributed by atoms with Gasteiger partial charge in [-0.25, -0.2) is 0 Å². The summed E-state index contributed by atoms with van der Waals surface area (Å²) < 4.78 is 12.0. The van der Waals surface area contributed by atoms with Crippen molar-refractivity contribution in [2.24, 2.45) is 0 Å². The second kappa shape index (κ2) is 10.7. The van der Waals surface area contributed by atoms with Gasteiger partial charge in [0.25, 0.3) is 11.8 Å². The van der Waals surface area contributed by atoms with Crippen LogP contribution in [0.2, 0.25) is 0 Å². The van der Waals surface area contributed by atoms with Crippen molar-refractivity contribution in [1.82, 2.24) is 9.80 Å². The molecule has 2 aromatic rings. The van der Waals surface area contributed by atoms with E-state index in [-0.39, 0.29) is 24.0 Å². The van der Waals surface area contributed by atoms with Crippen LogP contribution < -0.4 is 9.47 Å². The summed E-state index contributed by atoms with van der Waals surface area (Å²) in [5, 5.41) is 0. The van der Waals surface area contributed by atoms with E-state index in [0.717, 1.165) is 44.9 Å². The van der Waals surface area contributed by atoms with Crippen molar-refractivity contribution in [1.29, 1.82) is 0 Å². The van der Waals surface area contributed by atoms with Crippen LogP contribution in [-0.4, -0.2) is 61.0 Å². The molecule has 0 bridgehead atoms. The van der Waals surface area contributed by atoms with Crippen LogP contribution in [0.5, 0.6) is 11.5 Å². The van der Waals surface area contributed by atoms with E-state index in [0.29, 0.717) is 35.7 Å². The summed E-state index contributed by atoms with van der Waals surface area (Å²) >= 11 is 0. The molecule has 0 radical (unpaired) electrons. The molecule has 0 unspecified atom stereocenters. The predicted octanol–water partition coefficient (Wildman–Crippen LogP) is 4.78. The molecule has 2 amide bonds. The summed E-state index contributed by atoms with van der Waals surface area (Å²) in [6, 6.07) is 14.9. The van der Waals surface area contributed by atoms with Crippen molar-refractivity contribution in [2.45, 2.75) is 57.1 Å². The Bertz CT molecular complexity index is 976. The van der Waals surface area contributed by atoms with E-state index in [9.17, 15) is 9.59 Å². The van der Waals surface area contributed by atoms with Gasteiger partial charge in [0.2, 0.25) is 0 Å². The number of rotatable bonds is 2. The molecular weight excluding hydrogens is 416 g/mol. The lowest BCUT2D eigenvalue weighted by molar-refractivity contribution is 0.0271. The molecule has 1 heterocycles. The molecule has 4 rings (SSSR count). The van der Waals surface area contributed by atoms with Gasteiger partial charge in [0.15, 0.2) is 0 Å². The summed E-state index contributed by atoms with van der Waals surface area (Å²) in [6.07, 6.45) is 6.44. The zero-order valence-corrected chi connectivity index (χ0v) is 19.7. The highest BCUT2D eigenvalue weighted by Crippen LogP contribution is 2.32. The number of fused-ring (bicyclic) bond motifs is 2. The lowest BCUT2D eigenvalue weighted by Gasteiger charge is -2.40. The Morgan fingerprint density at radius 3 is 2.52 bits per heavy atom. The Morgan fingerprint density at radius 1 is 0.939 bits per heavy atom. The van der Waals surface area contributed by atoms with Crippen LogP contribution in [-0.2, 0) is 0 Å². The first-order valence-corrected chi connectivity index (χ1v) is 12.1. The third kappa shape index (κ3) is 5.15. The zero-order chi connectivity index (χ0) is 23.2. The summed E-state index contributed by atoms with van der Waals surface area (Å²) in [7, 11) is 3.45. The second-order valence-electron chi connectivity index (χ2n) is 8.99. The Kier molecular flexibility index (Phi) is 7.53. The highest BCUT2D eigenvalue weighted by Gasteiger charge is 2.36. The lowest BCUT2D eigenvalue weighted by atomic mass is 9.90. The minimum absolute atomic E-state index is 0.00991. The molecule has 176 valence electrons. The largest absolute Gasteiger partial charge is 0.496 e. The Labute approximate surface area is 196 Å². The van der Waals surface area contributed by atoms with Crippen molar-refractivity contribution in [2.75, 3.05) is 27.2 Å². The number of carbonyl (C=O) groups excluding carboxylic acids is 2. The molecule has 2 atom stereocenters. The summed E-state index contributed by atoms with van der Waals surface area (Å²) in [4.78, 5) is 30.7. The van der Waals surface area contributed by atoms with Gasteiger partial charge in [-0.3, -0.25) is 9.59 Å². The van der Waals surface area contributed by atoms with E-state index < -0.39 is 0 Å². The minimum atomic E-state index is -0.155. The number of nitrogens with zero attached hydrogens (tertiary/aromatic N) is 2. The van der Waals surface area contributed by atoms with Gasteiger partial charge in [-0.15, -0.1) is 0 Å². The third-order valence-electron chi connectivity index (χ3n) is 6.80. The molecule has 1 aliphatic carbocycles. The first-order chi connectivity index (χ1) is 16.1. The van der Waals surface area contributed by atoms with Crippen molar-refractivity contribution in [3.63, 3.8) is 0 Å². The summed E-state index contributed by atoms with van der Waals surface area (Å²) in [5.74, 6) is 1.18. The van der Waals surface area contributed by atoms with E-state index in [1.54, 1.807) is 12.0 Å². The number of methoxy groups -OCH3 is 1. The molecule has 2 aliphatic rings. The molecule has 1 saturated carbocycles. The van der Waals surface area contributed by atoms with Gasteiger partial charge in [0.05, 0.1) is 24.3 Å². The Hall–Kier alpha value is -3.02. The van der Waals surface area contributed by atoms with Crippen molar-refractivity contribution >= 4 is 11.8 Å².